The summed E-state index contributed by atoms with van der Waals surface area (Å²) in [5.41, 5.74) is 2.20. The molecule has 1 unspecified atom stereocenters. The molecule has 8 heteroatoms. The predicted octanol–water partition coefficient (Wildman–Crippen LogP) is 5.25. The number of nitrogens with zero attached hydrogens (tertiary/aromatic N) is 1. The monoisotopic (exact) mass is 513 g/mol. The molecule has 0 aliphatic carbocycles. The maximum atomic E-state index is 14.0. The number of halogens is 1. The molecule has 1 N–H and O–H groups in total. The number of carbonyl (C=O) groups is 1. The highest BCUT2D eigenvalue weighted by Gasteiger charge is 2.51. The Kier molecular flexibility index (Phi) is 4.86. The van der Waals surface area contributed by atoms with Crippen LogP contribution >= 0.6 is 11.6 Å². The molecule has 4 aromatic carbocycles. The van der Waals surface area contributed by atoms with Crippen molar-refractivity contribution in [2.24, 2.45) is 0 Å². The van der Waals surface area contributed by atoms with E-state index < -0.39 is 11.5 Å². The lowest BCUT2D eigenvalue weighted by atomic mass is 9.86. The molecule has 0 aromatic heterocycles. The van der Waals surface area contributed by atoms with Crippen molar-refractivity contribution in [1.82, 2.24) is 0 Å². The standard InChI is InChI=1S/C29H20ClNO6/c30-21-6-1-17(2-7-21)14-31-23-8-3-18(19-4-9-24-26(12-19)36-15-34-24)11-22(23)29(33,28(31)32)20-5-10-25-27(13-20)37-16-35-25/h1-13,33H,14-16H2. The summed E-state index contributed by atoms with van der Waals surface area (Å²) in [4.78, 5) is 15.6. The van der Waals surface area contributed by atoms with E-state index in [1.54, 1.807) is 35.2 Å². The van der Waals surface area contributed by atoms with Crippen LogP contribution in [0.15, 0.2) is 78.9 Å². The average molecular weight is 514 g/mol. The molecule has 3 heterocycles. The van der Waals surface area contributed by atoms with E-state index in [0.717, 1.165) is 16.7 Å². The molecule has 0 saturated heterocycles. The minimum atomic E-state index is -1.92. The largest absolute Gasteiger partial charge is 0.454 e. The molecule has 0 bridgehead atoms. The van der Waals surface area contributed by atoms with Crippen LogP contribution in [-0.2, 0) is 16.9 Å². The second kappa shape index (κ2) is 8.16. The lowest BCUT2D eigenvalue weighted by molar-refractivity contribution is -0.132. The number of carbonyl (C=O) groups excluding carboxylic acids is 1. The van der Waals surface area contributed by atoms with Gasteiger partial charge in [-0.15, -0.1) is 0 Å². The van der Waals surface area contributed by atoms with Crippen molar-refractivity contribution in [3.8, 4) is 34.1 Å². The molecule has 3 aliphatic heterocycles. The molecular formula is C29H20ClNO6. The topological polar surface area (TPSA) is 77.5 Å². The van der Waals surface area contributed by atoms with Crippen LogP contribution < -0.4 is 23.8 Å². The number of hydrogen-bond donors (Lipinski definition) is 1. The van der Waals surface area contributed by atoms with Gasteiger partial charge in [0.2, 0.25) is 13.6 Å². The maximum absolute atomic E-state index is 14.0. The highest BCUT2D eigenvalue weighted by atomic mass is 35.5. The highest BCUT2D eigenvalue weighted by molar-refractivity contribution is 6.30. The van der Waals surface area contributed by atoms with Crippen LogP contribution in [0, 0.1) is 0 Å². The van der Waals surface area contributed by atoms with Gasteiger partial charge in [0, 0.05) is 16.1 Å². The zero-order valence-electron chi connectivity index (χ0n) is 19.4. The van der Waals surface area contributed by atoms with Crippen LogP contribution in [-0.4, -0.2) is 24.6 Å². The van der Waals surface area contributed by atoms with Crippen LogP contribution in [0.25, 0.3) is 11.1 Å². The van der Waals surface area contributed by atoms with Gasteiger partial charge >= 0.3 is 0 Å². The quantitative estimate of drug-likeness (QED) is 0.402. The Balaban J connectivity index is 1.36. The smallest absolute Gasteiger partial charge is 0.268 e. The van der Waals surface area contributed by atoms with Gasteiger partial charge in [0.1, 0.15) is 0 Å². The number of amides is 1. The van der Waals surface area contributed by atoms with E-state index in [9.17, 15) is 9.90 Å². The third-order valence-electron chi connectivity index (χ3n) is 6.98. The summed E-state index contributed by atoms with van der Waals surface area (Å²) in [6.45, 7) is 0.555. The summed E-state index contributed by atoms with van der Waals surface area (Å²) >= 11 is 6.06. The summed E-state index contributed by atoms with van der Waals surface area (Å²) in [5.74, 6) is 1.96. The molecule has 0 fully saturated rings. The van der Waals surface area contributed by atoms with E-state index in [1.807, 2.05) is 48.5 Å². The number of hydrogen-bond acceptors (Lipinski definition) is 6. The number of ether oxygens (including phenoxy) is 4. The lowest BCUT2D eigenvalue weighted by Crippen LogP contribution is -2.40. The van der Waals surface area contributed by atoms with Crippen molar-refractivity contribution in [3.05, 3.63) is 101 Å². The number of rotatable bonds is 4. The van der Waals surface area contributed by atoms with Gasteiger partial charge < -0.3 is 29.0 Å². The second-order valence-corrected chi connectivity index (χ2v) is 9.53. The van der Waals surface area contributed by atoms with E-state index in [0.29, 0.717) is 44.8 Å². The number of benzene rings is 4. The van der Waals surface area contributed by atoms with Gasteiger partial charge in [-0.2, -0.15) is 0 Å². The fourth-order valence-electron chi connectivity index (χ4n) is 5.07. The molecule has 37 heavy (non-hydrogen) atoms. The van der Waals surface area contributed by atoms with Crippen LogP contribution in [0.3, 0.4) is 0 Å². The third kappa shape index (κ3) is 3.43. The van der Waals surface area contributed by atoms with Crippen molar-refractivity contribution < 1.29 is 28.8 Å². The first-order chi connectivity index (χ1) is 18.0. The average Bonchev–Trinajstić information content (AvgIpc) is 3.64. The van der Waals surface area contributed by atoms with Gasteiger partial charge in [-0.05, 0) is 65.2 Å². The van der Waals surface area contributed by atoms with Crippen LogP contribution in [0.1, 0.15) is 16.7 Å². The van der Waals surface area contributed by atoms with E-state index in [1.165, 1.54) is 0 Å². The Morgan fingerprint density at radius 3 is 2.14 bits per heavy atom. The number of fused-ring (bicyclic) bond motifs is 3. The second-order valence-electron chi connectivity index (χ2n) is 9.10. The molecule has 7 nitrogen and oxygen atoms in total. The molecule has 1 amide bonds. The minimum absolute atomic E-state index is 0.0959. The van der Waals surface area contributed by atoms with Crippen LogP contribution in [0.5, 0.6) is 23.0 Å². The van der Waals surface area contributed by atoms with E-state index in [4.69, 9.17) is 30.5 Å². The van der Waals surface area contributed by atoms with Crippen molar-refractivity contribution in [3.63, 3.8) is 0 Å². The predicted molar refractivity (Wildman–Crippen MR) is 136 cm³/mol. The van der Waals surface area contributed by atoms with Gasteiger partial charge in [-0.3, -0.25) is 4.79 Å². The van der Waals surface area contributed by atoms with Gasteiger partial charge in [0.05, 0.1) is 12.2 Å². The Bertz CT molecular complexity index is 1570. The fourth-order valence-corrected chi connectivity index (χ4v) is 5.19. The number of anilines is 1. The van der Waals surface area contributed by atoms with Gasteiger partial charge in [-0.25, -0.2) is 0 Å². The molecule has 7 rings (SSSR count). The Morgan fingerprint density at radius 1 is 0.757 bits per heavy atom. The third-order valence-corrected chi connectivity index (χ3v) is 7.23. The molecule has 0 radical (unpaired) electrons. The maximum Gasteiger partial charge on any atom is 0.268 e. The normalized spacial score (nSPS) is 18.9. The Labute approximate surface area is 217 Å². The van der Waals surface area contributed by atoms with Crippen molar-refractivity contribution in [2.45, 2.75) is 12.1 Å². The lowest BCUT2D eigenvalue weighted by Gasteiger charge is -2.24. The first kappa shape index (κ1) is 22.0. The van der Waals surface area contributed by atoms with Gasteiger partial charge in [0.25, 0.3) is 5.91 Å². The molecule has 0 spiro atoms. The summed E-state index contributed by atoms with van der Waals surface area (Å²) in [6, 6.07) is 23.7. The molecule has 4 aromatic rings. The fraction of sp³-hybridized carbons (Fsp3) is 0.138. The Morgan fingerprint density at radius 2 is 1.38 bits per heavy atom. The first-order valence-electron chi connectivity index (χ1n) is 11.7. The van der Waals surface area contributed by atoms with Gasteiger partial charge in [-0.1, -0.05) is 41.9 Å². The van der Waals surface area contributed by atoms with E-state index in [-0.39, 0.29) is 20.1 Å². The molecular weight excluding hydrogens is 494 g/mol. The van der Waals surface area contributed by atoms with Crippen molar-refractivity contribution in [2.75, 3.05) is 18.5 Å². The summed E-state index contributed by atoms with van der Waals surface area (Å²) < 4.78 is 22.0. The minimum Gasteiger partial charge on any atom is -0.454 e. The zero-order valence-corrected chi connectivity index (χ0v) is 20.2. The van der Waals surface area contributed by atoms with Crippen molar-refractivity contribution >= 4 is 23.2 Å². The molecule has 1 atom stereocenters. The van der Waals surface area contributed by atoms with Crippen LogP contribution in [0.4, 0.5) is 5.69 Å². The van der Waals surface area contributed by atoms with Crippen LogP contribution in [0.2, 0.25) is 5.02 Å². The summed E-state index contributed by atoms with van der Waals surface area (Å²) in [6.07, 6.45) is 0. The van der Waals surface area contributed by atoms with E-state index in [2.05, 4.69) is 0 Å². The van der Waals surface area contributed by atoms with Gasteiger partial charge in [0.15, 0.2) is 28.6 Å². The summed E-state index contributed by atoms with van der Waals surface area (Å²) in [5, 5.41) is 12.8. The zero-order chi connectivity index (χ0) is 25.1. The molecule has 3 aliphatic rings. The summed E-state index contributed by atoms with van der Waals surface area (Å²) in [7, 11) is 0. The highest BCUT2D eigenvalue weighted by Crippen LogP contribution is 2.49. The molecule has 184 valence electrons. The first-order valence-corrected chi connectivity index (χ1v) is 12.1. The number of aliphatic hydroxyl groups is 1. The SMILES string of the molecule is O=C1N(Cc2ccc(Cl)cc2)c2ccc(-c3ccc4c(c3)OCO4)cc2C1(O)c1ccc2c(c1)OCO2. The van der Waals surface area contributed by atoms with Crippen molar-refractivity contribution in [1.29, 1.82) is 0 Å². The molecule has 0 saturated carbocycles. The van der Waals surface area contributed by atoms with E-state index >= 15 is 0 Å². The Hall–Kier alpha value is -4.20.